The predicted octanol–water partition coefficient (Wildman–Crippen LogP) is 2.48. The van der Waals surface area contributed by atoms with E-state index in [-0.39, 0.29) is 6.67 Å². The molecule has 4 heteroatoms. The third kappa shape index (κ3) is 7.78. The smallest absolute Gasteiger partial charge is 0.123 e. The van der Waals surface area contributed by atoms with Gasteiger partial charge in [-0.25, -0.2) is 0 Å². The molecule has 0 rings (SSSR count). The van der Waals surface area contributed by atoms with Gasteiger partial charge in [-0.2, -0.15) is 0 Å². The molecule has 0 atom stereocenters. The van der Waals surface area contributed by atoms with Gasteiger partial charge < -0.3 is 4.89 Å². The van der Waals surface area contributed by atoms with Gasteiger partial charge in [0.2, 0.25) is 0 Å². The maximum atomic E-state index is 11.5. The average Bonchev–Trinajstić information content (AvgIpc) is 1.97. The molecule has 0 unspecified atom stereocenters. The number of alkyl halides is 1. The molecule has 0 amide bonds. The Morgan fingerprint density at radius 2 is 2.30 bits per heavy atom. The molecule has 0 aromatic rings. The SMILES string of the molecule is C=COOSCCCCF. The Balaban J connectivity index is 2.70. The van der Waals surface area contributed by atoms with Crippen LogP contribution in [0.4, 0.5) is 4.39 Å². The van der Waals surface area contributed by atoms with Gasteiger partial charge in [0.25, 0.3) is 0 Å². The highest BCUT2D eigenvalue weighted by atomic mass is 32.2. The van der Waals surface area contributed by atoms with Gasteiger partial charge in [-0.15, -0.1) is 4.33 Å². The quantitative estimate of drug-likeness (QED) is 0.190. The number of rotatable bonds is 7. The Labute approximate surface area is 64.5 Å². The minimum atomic E-state index is -0.261. The van der Waals surface area contributed by atoms with Crippen molar-refractivity contribution in [3.63, 3.8) is 0 Å². The fourth-order valence-electron chi connectivity index (χ4n) is 0.345. The van der Waals surface area contributed by atoms with Crippen molar-refractivity contribution in [2.24, 2.45) is 0 Å². The molecule has 0 heterocycles. The van der Waals surface area contributed by atoms with Crippen molar-refractivity contribution in [3.8, 4) is 0 Å². The maximum absolute atomic E-state index is 11.5. The molecular formula is C6H11FO2S. The van der Waals surface area contributed by atoms with E-state index >= 15 is 0 Å². The van der Waals surface area contributed by atoms with Crippen LogP contribution in [0.3, 0.4) is 0 Å². The van der Waals surface area contributed by atoms with E-state index in [1.54, 1.807) is 0 Å². The third-order valence-electron chi connectivity index (χ3n) is 0.767. The summed E-state index contributed by atoms with van der Waals surface area (Å²) in [5, 5.41) is 0. The van der Waals surface area contributed by atoms with Gasteiger partial charge in [-0.05, 0) is 12.8 Å². The number of hydrogen-bond donors (Lipinski definition) is 0. The summed E-state index contributed by atoms with van der Waals surface area (Å²) in [6, 6.07) is 0. The lowest BCUT2D eigenvalue weighted by molar-refractivity contribution is -0.128. The molecule has 0 radical (unpaired) electrons. The Hall–Kier alpha value is -0.220. The molecule has 2 nitrogen and oxygen atoms in total. The van der Waals surface area contributed by atoms with Crippen LogP contribution in [0.2, 0.25) is 0 Å². The molecule has 0 fully saturated rings. The molecule has 0 bridgehead atoms. The molecular weight excluding hydrogens is 155 g/mol. The summed E-state index contributed by atoms with van der Waals surface area (Å²) in [6.45, 7) is 3.01. The standard InChI is InChI=1S/C6H11FO2S/c1-2-8-9-10-6-4-3-5-7/h2H,1,3-6H2. The molecule has 0 aromatic carbocycles. The summed E-state index contributed by atoms with van der Waals surface area (Å²) in [4.78, 5) is 4.35. The topological polar surface area (TPSA) is 18.5 Å². The lowest BCUT2D eigenvalue weighted by atomic mass is 10.4. The molecule has 0 N–H and O–H groups in total. The molecule has 0 saturated heterocycles. The molecule has 0 aliphatic carbocycles. The lowest BCUT2D eigenvalue weighted by Crippen LogP contribution is -1.83. The van der Waals surface area contributed by atoms with Crippen molar-refractivity contribution in [2.45, 2.75) is 12.8 Å². The molecule has 60 valence electrons. The molecule has 0 spiro atoms. The summed E-state index contributed by atoms with van der Waals surface area (Å²) < 4.78 is 16.0. The van der Waals surface area contributed by atoms with Crippen LogP contribution in [0, 0.1) is 0 Å². The Kier molecular flexibility index (Phi) is 8.59. The van der Waals surface area contributed by atoms with Crippen molar-refractivity contribution < 1.29 is 13.6 Å². The first-order chi connectivity index (χ1) is 4.91. The van der Waals surface area contributed by atoms with Crippen LogP contribution < -0.4 is 0 Å². The van der Waals surface area contributed by atoms with Crippen molar-refractivity contribution in [2.75, 3.05) is 12.4 Å². The molecule has 10 heavy (non-hydrogen) atoms. The van der Waals surface area contributed by atoms with Crippen LogP contribution in [0.15, 0.2) is 12.8 Å². The van der Waals surface area contributed by atoms with Crippen LogP contribution in [-0.4, -0.2) is 12.4 Å². The summed E-state index contributed by atoms with van der Waals surface area (Å²) in [7, 11) is 0. The summed E-state index contributed by atoms with van der Waals surface area (Å²) in [5.41, 5.74) is 0. The van der Waals surface area contributed by atoms with Gasteiger partial charge in [-0.3, -0.25) is 4.39 Å². The monoisotopic (exact) mass is 166 g/mol. The summed E-state index contributed by atoms with van der Waals surface area (Å²) in [6.07, 6.45) is 2.59. The Bertz CT molecular complexity index is 80.1. The second-order valence-electron chi connectivity index (χ2n) is 1.55. The number of unbranched alkanes of at least 4 members (excludes halogenated alkanes) is 1. The second-order valence-corrected chi connectivity index (χ2v) is 2.33. The maximum Gasteiger partial charge on any atom is 0.123 e. The van der Waals surface area contributed by atoms with E-state index in [2.05, 4.69) is 15.8 Å². The van der Waals surface area contributed by atoms with E-state index in [4.69, 9.17) is 0 Å². The zero-order valence-electron chi connectivity index (χ0n) is 5.72. The zero-order chi connectivity index (χ0) is 7.66. The largest absolute Gasteiger partial charge is 0.334 e. The highest BCUT2D eigenvalue weighted by Crippen LogP contribution is 2.06. The first kappa shape index (κ1) is 9.78. The van der Waals surface area contributed by atoms with Crippen molar-refractivity contribution in [3.05, 3.63) is 12.8 Å². The van der Waals surface area contributed by atoms with Gasteiger partial charge in [0, 0.05) is 17.8 Å². The molecule has 0 aliphatic heterocycles. The lowest BCUT2D eigenvalue weighted by Gasteiger charge is -1.96. The van der Waals surface area contributed by atoms with Gasteiger partial charge in [0.05, 0.1) is 6.67 Å². The number of halogens is 1. The predicted molar refractivity (Wildman–Crippen MR) is 40.0 cm³/mol. The van der Waals surface area contributed by atoms with Crippen LogP contribution in [0.1, 0.15) is 12.8 Å². The van der Waals surface area contributed by atoms with Gasteiger partial charge in [0.15, 0.2) is 0 Å². The van der Waals surface area contributed by atoms with E-state index in [0.717, 1.165) is 24.2 Å². The van der Waals surface area contributed by atoms with E-state index in [1.165, 1.54) is 6.26 Å². The molecule has 0 saturated carbocycles. The van der Waals surface area contributed by atoms with Crippen LogP contribution >= 0.6 is 12.0 Å². The summed E-state index contributed by atoms with van der Waals surface area (Å²) in [5.74, 6) is 0.748. The second kappa shape index (κ2) is 8.78. The van der Waals surface area contributed by atoms with Gasteiger partial charge in [0.1, 0.15) is 6.26 Å². The Morgan fingerprint density at radius 3 is 2.90 bits per heavy atom. The van der Waals surface area contributed by atoms with E-state index in [0.29, 0.717) is 6.42 Å². The number of hydrogen-bond acceptors (Lipinski definition) is 3. The van der Waals surface area contributed by atoms with Gasteiger partial charge in [-0.1, -0.05) is 6.58 Å². The van der Waals surface area contributed by atoms with Crippen molar-refractivity contribution >= 4 is 12.0 Å². The zero-order valence-corrected chi connectivity index (χ0v) is 6.53. The van der Waals surface area contributed by atoms with E-state index in [1.807, 2.05) is 0 Å². The Morgan fingerprint density at radius 1 is 1.50 bits per heavy atom. The fourth-order valence-corrected chi connectivity index (χ4v) is 0.846. The van der Waals surface area contributed by atoms with E-state index in [9.17, 15) is 4.39 Å². The first-order valence-corrected chi connectivity index (χ1v) is 3.94. The molecule has 0 aliphatic rings. The first-order valence-electron chi connectivity index (χ1n) is 3.03. The van der Waals surface area contributed by atoms with E-state index < -0.39 is 0 Å². The normalized spacial score (nSPS) is 9.30. The van der Waals surface area contributed by atoms with Crippen molar-refractivity contribution in [1.29, 1.82) is 0 Å². The van der Waals surface area contributed by atoms with Crippen LogP contribution in [0.25, 0.3) is 0 Å². The minimum Gasteiger partial charge on any atom is -0.334 e. The van der Waals surface area contributed by atoms with Gasteiger partial charge >= 0.3 is 0 Å². The fraction of sp³-hybridized carbons (Fsp3) is 0.667. The third-order valence-corrected chi connectivity index (χ3v) is 1.40. The van der Waals surface area contributed by atoms with Crippen LogP contribution in [0.5, 0.6) is 0 Å². The average molecular weight is 166 g/mol. The van der Waals surface area contributed by atoms with Crippen molar-refractivity contribution in [1.82, 2.24) is 0 Å². The molecule has 0 aromatic heterocycles. The minimum absolute atomic E-state index is 0.261. The highest BCUT2D eigenvalue weighted by molar-refractivity contribution is 7.94. The van der Waals surface area contributed by atoms with Crippen LogP contribution in [-0.2, 0) is 9.22 Å². The summed E-state index contributed by atoms with van der Waals surface area (Å²) >= 11 is 1.16. The highest BCUT2D eigenvalue weighted by Gasteiger charge is 1.89.